The maximum Gasteiger partial charge on any atom is 0.407 e. The molecule has 1 fully saturated rings. The zero-order valence-corrected chi connectivity index (χ0v) is 10.1. The van der Waals surface area contributed by atoms with Crippen LogP contribution in [-0.4, -0.2) is 48.3 Å². The minimum atomic E-state index is -0.362. The van der Waals surface area contributed by atoms with Crippen LogP contribution < -0.4 is 5.32 Å². The monoisotopic (exact) mass is 231 g/mol. The molecule has 2 radical (unpaired) electrons. The molecule has 1 heterocycles. The van der Waals surface area contributed by atoms with Crippen LogP contribution in [0.15, 0.2) is 0 Å². The number of carbonyl (C=O) groups excluding carboxylic acids is 1. The Balaban J connectivity index is 1.93. The zero-order valence-electron chi connectivity index (χ0n) is 9.12. The molecule has 0 spiro atoms. The van der Waals surface area contributed by atoms with Gasteiger partial charge in [0.1, 0.15) is 12.2 Å². The number of alkyl carbamates (subject to hydrolysis) is 1. The number of hydrogen-bond acceptors (Lipinski definition) is 4. The van der Waals surface area contributed by atoms with Crippen LogP contribution in [0.3, 0.4) is 0 Å². The van der Waals surface area contributed by atoms with E-state index in [-0.39, 0.29) is 18.3 Å². The van der Waals surface area contributed by atoms with Crippen molar-refractivity contribution in [1.82, 2.24) is 5.32 Å². The number of ether oxygens (including phenoxy) is 2. The van der Waals surface area contributed by atoms with Gasteiger partial charge in [-0.2, -0.15) is 0 Å². The van der Waals surface area contributed by atoms with E-state index in [1.165, 1.54) is 0 Å². The van der Waals surface area contributed by atoms with Crippen molar-refractivity contribution >= 4 is 15.9 Å². The number of amides is 1. The molecule has 0 aliphatic carbocycles. The molecule has 0 aromatic heterocycles. The molecule has 1 saturated heterocycles. The van der Waals surface area contributed by atoms with Crippen molar-refractivity contribution in [2.24, 2.45) is 0 Å². The minimum Gasteiger partial charge on any atom is -0.444 e. The first-order valence-corrected chi connectivity index (χ1v) is 6.17. The van der Waals surface area contributed by atoms with E-state index in [0.29, 0.717) is 22.9 Å². The third-order valence-corrected chi connectivity index (χ3v) is 2.89. The Morgan fingerprint density at radius 3 is 3.07 bits per heavy atom. The van der Waals surface area contributed by atoms with Gasteiger partial charge in [0, 0.05) is 13.7 Å². The number of epoxide rings is 1. The zero-order chi connectivity index (χ0) is 11.1. The van der Waals surface area contributed by atoms with Crippen LogP contribution in [0, 0.1) is 0 Å². The van der Waals surface area contributed by atoms with Crippen LogP contribution in [0.5, 0.6) is 0 Å². The van der Waals surface area contributed by atoms with Crippen molar-refractivity contribution in [3.8, 4) is 0 Å². The van der Waals surface area contributed by atoms with Crippen molar-refractivity contribution in [2.75, 3.05) is 20.3 Å². The van der Waals surface area contributed by atoms with Crippen LogP contribution in [0.4, 0.5) is 4.79 Å². The van der Waals surface area contributed by atoms with Gasteiger partial charge in [0.05, 0.1) is 6.61 Å². The molecule has 1 aliphatic heterocycles. The summed E-state index contributed by atoms with van der Waals surface area (Å²) in [6, 6.07) is 0.970. The van der Waals surface area contributed by atoms with Crippen molar-refractivity contribution in [2.45, 2.75) is 31.6 Å². The lowest BCUT2D eigenvalue weighted by molar-refractivity contribution is 0.0894. The van der Waals surface area contributed by atoms with Gasteiger partial charge in [0.15, 0.2) is 0 Å². The number of hydrogen-bond donors (Lipinski definition) is 1. The van der Waals surface area contributed by atoms with Gasteiger partial charge in [-0.15, -0.1) is 0 Å². The fourth-order valence-corrected chi connectivity index (χ4v) is 1.59. The molecule has 15 heavy (non-hydrogen) atoms. The molecule has 6 heteroatoms. The highest BCUT2D eigenvalue weighted by Crippen LogP contribution is 2.16. The maximum atomic E-state index is 11.2. The maximum absolute atomic E-state index is 11.2. The molecule has 0 aromatic rings. The minimum absolute atomic E-state index is 0.103. The van der Waals surface area contributed by atoms with Crippen molar-refractivity contribution in [3.63, 3.8) is 0 Å². The van der Waals surface area contributed by atoms with Gasteiger partial charge in [-0.05, 0) is 19.4 Å². The van der Waals surface area contributed by atoms with Crippen molar-refractivity contribution < 1.29 is 18.7 Å². The summed E-state index contributed by atoms with van der Waals surface area (Å²) in [6.45, 7) is 3.17. The van der Waals surface area contributed by atoms with Gasteiger partial charge in [-0.25, -0.2) is 4.79 Å². The van der Waals surface area contributed by atoms with Crippen LogP contribution in [-0.2, 0) is 13.9 Å². The molecule has 1 N–H and O–H groups in total. The van der Waals surface area contributed by atoms with Gasteiger partial charge in [-0.3, -0.25) is 0 Å². The molecule has 1 aliphatic rings. The van der Waals surface area contributed by atoms with E-state index in [0.717, 1.165) is 12.5 Å². The molecule has 2 atom stereocenters. The van der Waals surface area contributed by atoms with E-state index in [1.807, 2.05) is 6.92 Å². The first-order valence-electron chi connectivity index (χ1n) is 5.06. The highest BCUT2D eigenvalue weighted by Gasteiger charge is 2.32. The van der Waals surface area contributed by atoms with E-state index in [2.05, 4.69) is 5.32 Å². The number of carbonyl (C=O) groups is 1. The van der Waals surface area contributed by atoms with E-state index < -0.39 is 0 Å². The highest BCUT2D eigenvalue weighted by molar-refractivity contribution is 6.26. The van der Waals surface area contributed by atoms with Crippen LogP contribution >= 0.6 is 0 Å². The van der Waals surface area contributed by atoms with Crippen LogP contribution in [0.1, 0.15) is 13.3 Å². The Labute approximate surface area is 92.4 Å². The van der Waals surface area contributed by atoms with Gasteiger partial charge in [0.25, 0.3) is 0 Å². The summed E-state index contributed by atoms with van der Waals surface area (Å²) in [6.07, 6.45) is 0.505. The first-order chi connectivity index (χ1) is 7.24. The second-order valence-corrected chi connectivity index (χ2v) is 4.56. The third-order valence-electron chi connectivity index (χ3n) is 2.04. The summed E-state index contributed by atoms with van der Waals surface area (Å²) < 4.78 is 15.0. The predicted molar refractivity (Wildman–Crippen MR) is 55.9 cm³/mol. The Bertz CT molecular complexity index is 199. The van der Waals surface area contributed by atoms with Gasteiger partial charge >= 0.3 is 6.09 Å². The third kappa shape index (κ3) is 5.76. The molecule has 2 unspecified atom stereocenters. The summed E-state index contributed by atoms with van der Waals surface area (Å²) in [4.78, 5) is 11.2. The Hall–Kier alpha value is -0.593. The largest absolute Gasteiger partial charge is 0.444 e. The molecule has 0 bridgehead atoms. The smallest absolute Gasteiger partial charge is 0.407 e. The second kappa shape index (κ2) is 6.81. The molecule has 5 nitrogen and oxygen atoms in total. The quantitative estimate of drug-likeness (QED) is 0.395. The lowest BCUT2D eigenvalue weighted by Gasteiger charge is -2.11. The fraction of sp³-hybridized carbons (Fsp3) is 0.889. The highest BCUT2D eigenvalue weighted by atomic mass is 28.2. The van der Waals surface area contributed by atoms with Crippen LogP contribution in [0.2, 0.25) is 6.04 Å². The first kappa shape index (κ1) is 12.5. The average Bonchev–Trinajstić information content (AvgIpc) is 3.00. The number of nitrogens with one attached hydrogen (secondary N) is 1. The topological polar surface area (TPSA) is 60.1 Å². The normalized spacial score (nSPS) is 20.8. The average molecular weight is 231 g/mol. The summed E-state index contributed by atoms with van der Waals surface area (Å²) >= 11 is 0. The summed E-state index contributed by atoms with van der Waals surface area (Å²) in [5.41, 5.74) is 0. The Kier molecular flexibility index (Phi) is 5.67. The Morgan fingerprint density at radius 2 is 2.47 bits per heavy atom. The molecular weight excluding hydrogens is 214 g/mol. The van der Waals surface area contributed by atoms with Crippen molar-refractivity contribution in [1.29, 1.82) is 0 Å². The summed E-state index contributed by atoms with van der Waals surface area (Å²) in [5.74, 6) is 0. The Morgan fingerprint density at radius 1 is 1.73 bits per heavy atom. The summed E-state index contributed by atoms with van der Waals surface area (Å²) in [5, 5.41) is 2.69. The van der Waals surface area contributed by atoms with E-state index in [4.69, 9.17) is 13.9 Å². The van der Waals surface area contributed by atoms with Gasteiger partial charge < -0.3 is 19.2 Å². The van der Waals surface area contributed by atoms with E-state index >= 15 is 0 Å². The number of rotatable bonds is 7. The molecule has 0 saturated carbocycles. The molecule has 1 rings (SSSR count). The van der Waals surface area contributed by atoms with Crippen molar-refractivity contribution in [3.05, 3.63) is 0 Å². The van der Waals surface area contributed by atoms with Gasteiger partial charge in [-0.1, -0.05) is 0 Å². The molecular formula is C9H17NO4Si. The summed E-state index contributed by atoms with van der Waals surface area (Å²) in [7, 11) is 2.19. The predicted octanol–water partition coefficient (Wildman–Crippen LogP) is 0.574. The lowest BCUT2D eigenvalue weighted by Crippen LogP contribution is -2.30. The lowest BCUT2D eigenvalue weighted by atomic mass is 10.3. The molecule has 0 aromatic carbocycles. The molecule has 86 valence electrons. The standard InChI is InChI=1S/C9H17NO4Si/c1-7(8-6-13-8)14-9(11)10-4-3-5-15-12-2/h7-8H,3-6H2,1-2H3,(H,10,11). The fourth-order valence-electron chi connectivity index (χ4n) is 1.07. The van der Waals surface area contributed by atoms with E-state index in [1.54, 1.807) is 7.11 Å². The van der Waals surface area contributed by atoms with Crippen LogP contribution in [0.25, 0.3) is 0 Å². The SMILES string of the molecule is CO[Si]CCCNC(=O)OC(C)C1CO1. The second-order valence-electron chi connectivity index (χ2n) is 3.36. The molecule has 1 amide bonds. The van der Waals surface area contributed by atoms with E-state index in [9.17, 15) is 4.79 Å². The van der Waals surface area contributed by atoms with Gasteiger partial charge in [0.2, 0.25) is 9.76 Å².